The molecule has 0 aliphatic heterocycles. The molecule has 1 rings (SSSR count). The molecule has 0 radical (unpaired) electrons. The van der Waals surface area contributed by atoms with Gasteiger partial charge in [0.2, 0.25) is 0 Å². The molecule has 0 aliphatic carbocycles. The second kappa shape index (κ2) is 10.3. The molecule has 108 valence electrons. The average molecular weight is 306 g/mol. The molecule has 0 fully saturated rings. The summed E-state index contributed by atoms with van der Waals surface area (Å²) in [6.45, 7) is 2.52. The van der Waals surface area contributed by atoms with Crippen LogP contribution < -0.4 is 10.1 Å². The molecule has 0 amide bonds. The van der Waals surface area contributed by atoms with E-state index in [1.807, 2.05) is 0 Å². The van der Waals surface area contributed by atoms with Gasteiger partial charge in [-0.15, -0.1) is 0 Å². The lowest BCUT2D eigenvalue weighted by Gasteiger charge is -2.08. The smallest absolute Gasteiger partial charge is 0.137 e. The number of rotatable bonds is 10. The predicted octanol–water partition coefficient (Wildman–Crippen LogP) is 3.51. The number of ether oxygens (including phenoxy) is 1. The summed E-state index contributed by atoms with van der Waals surface area (Å²) < 4.78 is 5.60. The van der Waals surface area contributed by atoms with Crippen LogP contribution >= 0.6 is 23.2 Å². The van der Waals surface area contributed by atoms with E-state index in [2.05, 4.69) is 5.32 Å². The van der Waals surface area contributed by atoms with Crippen molar-refractivity contribution in [1.82, 2.24) is 5.32 Å². The molecule has 0 saturated heterocycles. The van der Waals surface area contributed by atoms with Gasteiger partial charge in [-0.25, -0.2) is 0 Å². The number of aliphatic hydroxyl groups excluding tert-OH is 1. The highest BCUT2D eigenvalue weighted by molar-refractivity contribution is 6.35. The van der Waals surface area contributed by atoms with Gasteiger partial charge in [-0.1, -0.05) is 36.0 Å². The van der Waals surface area contributed by atoms with Crippen molar-refractivity contribution in [3.63, 3.8) is 0 Å². The van der Waals surface area contributed by atoms with Gasteiger partial charge >= 0.3 is 0 Å². The largest absolute Gasteiger partial charge is 0.492 e. The fourth-order valence-corrected chi connectivity index (χ4v) is 2.15. The predicted molar refractivity (Wildman–Crippen MR) is 80.4 cm³/mol. The first-order valence-corrected chi connectivity index (χ1v) is 7.39. The lowest BCUT2D eigenvalue weighted by atomic mass is 10.2. The van der Waals surface area contributed by atoms with Crippen molar-refractivity contribution in [1.29, 1.82) is 0 Å². The lowest BCUT2D eigenvalue weighted by Crippen LogP contribution is -2.19. The van der Waals surface area contributed by atoms with Crippen LogP contribution in [-0.2, 0) is 0 Å². The Bertz CT molecular complexity index is 361. The van der Waals surface area contributed by atoms with Crippen LogP contribution in [0.15, 0.2) is 18.2 Å². The molecule has 1 aromatic carbocycles. The van der Waals surface area contributed by atoms with Crippen LogP contribution in [0.5, 0.6) is 5.75 Å². The Morgan fingerprint density at radius 3 is 2.58 bits per heavy atom. The minimum atomic E-state index is 0.204. The fraction of sp³-hybridized carbons (Fsp3) is 0.571. The van der Waals surface area contributed by atoms with Crippen molar-refractivity contribution in [2.24, 2.45) is 0 Å². The Hall–Kier alpha value is -0.480. The molecule has 0 spiro atoms. The minimum Gasteiger partial charge on any atom is -0.492 e. The molecule has 0 aliphatic rings. The van der Waals surface area contributed by atoms with Crippen molar-refractivity contribution in [3.05, 3.63) is 28.2 Å². The summed E-state index contributed by atoms with van der Waals surface area (Å²) in [5.74, 6) is 0.690. The van der Waals surface area contributed by atoms with Crippen molar-refractivity contribution >= 4 is 23.2 Å². The zero-order valence-corrected chi connectivity index (χ0v) is 12.5. The van der Waals surface area contributed by atoms with Crippen molar-refractivity contribution in [2.75, 3.05) is 26.3 Å². The standard InChI is InChI=1S/C14H21Cl2NO2/c15-12-5-6-14(13(16)11-12)19-10-4-2-1-3-7-17-8-9-18/h5-6,11,17-18H,1-4,7-10H2. The average Bonchev–Trinajstić information content (AvgIpc) is 2.39. The summed E-state index contributed by atoms with van der Waals surface area (Å²) >= 11 is 11.8. The molecule has 0 atom stereocenters. The fourth-order valence-electron chi connectivity index (χ4n) is 1.68. The van der Waals surface area contributed by atoms with Gasteiger partial charge in [0.1, 0.15) is 5.75 Å². The van der Waals surface area contributed by atoms with Crippen LogP contribution in [0.2, 0.25) is 10.0 Å². The first kappa shape index (κ1) is 16.6. The van der Waals surface area contributed by atoms with Gasteiger partial charge in [-0.3, -0.25) is 0 Å². The molecule has 0 saturated carbocycles. The summed E-state index contributed by atoms with van der Waals surface area (Å²) in [4.78, 5) is 0. The molecule has 2 N–H and O–H groups in total. The van der Waals surface area contributed by atoms with Gasteiger partial charge in [-0.2, -0.15) is 0 Å². The normalized spacial score (nSPS) is 10.7. The first-order valence-electron chi connectivity index (χ1n) is 6.63. The molecule has 0 bridgehead atoms. The summed E-state index contributed by atoms with van der Waals surface area (Å²) in [5.41, 5.74) is 0. The number of hydrogen-bond donors (Lipinski definition) is 2. The summed E-state index contributed by atoms with van der Waals surface area (Å²) in [7, 11) is 0. The van der Waals surface area contributed by atoms with E-state index in [0.717, 1.165) is 32.2 Å². The molecule has 19 heavy (non-hydrogen) atoms. The van der Waals surface area contributed by atoms with E-state index in [9.17, 15) is 0 Å². The minimum absolute atomic E-state index is 0.204. The number of hydrogen-bond acceptors (Lipinski definition) is 3. The highest BCUT2D eigenvalue weighted by Crippen LogP contribution is 2.27. The zero-order chi connectivity index (χ0) is 13.9. The van der Waals surface area contributed by atoms with Gasteiger partial charge < -0.3 is 15.2 Å². The highest BCUT2D eigenvalue weighted by Gasteiger charge is 2.01. The molecule has 5 heteroatoms. The lowest BCUT2D eigenvalue weighted by molar-refractivity contribution is 0.290. The molecular formula is C14H21Cl2NO2. The quantitative estimate of drug-likeness (QED) is 0.650. The van der Waals surface area contributed by atoms with Gasteiger partial charge in [0, 0.05) is 11.6 Å². The number of aliphatic hydroxyl groups is 1. The maximum absolute atomic E-state index is 8.59. The molecule has 0 heterocycles. The van der Waals surface area contributed by atoms with E-state index in [0.29, 0.717) is 28.9 Å². The van der Waals surface area contributed by atoms with Crippen molar-refractivity contribution in [2.45, 2.75) is 25.7 Å². The Morgan fingerprint density at radius 2 is 1.84 bits per heavy atom. The summed E-state index contributed by atoms with van der Waals surface area (Å²) in [5, 5.41) is 12.9. The SMILES string of the molecule is OCCNCCCCCCOc1ccc(Cl)cc1Cl. The van der Waals surface area contributed by atoms with E-state index >= 15 is 0 Å². The van der Waals surface area contributed by atoms with Crippen LogP contribution in [0.3, 0.4) is 0 Å². The maximum Gasteiger partial charge on any atom is 0.137 e. The second-order valence-corrected chi connectivity index (χ2v) is 5.15. The van der Waals surface area contributed by atoms with Gasteiger partial charge in [0.25, 0.3) is 0 Å². The van der Waals surface area contributed by atoms with Crippen molar-refractivity contribution < 1.29 is 9.84 Å². The van der Waals surface area contributed by atoms with Gasteiger partial charge in [0.15, 0.2) is 0 Å². The van der Waals surface area contributed by atoms with Crippen LogP contribution in [-0.4, -0.2) is 31.4 Å². The number of nitrogens with one attached hydrogen (secondary N) is 1. The molecule has 1 aromatic rings. The molecule has 0 aromatic heterocycles. The summed E-state index contributed by atoms with van der Waals surface area (Å²) in [6, 6.07) is 5.25. The van der Waals surface area contributed by atoms with Crippen LogP contribution in [0.4, 0.5) is 0 Å². The third kappa shape index (κ3) is 7.63. The number of unbranched alkanes of at least 4 members (excludes halogenated alkanes) is 3. The third-order valence-electron chi connectivity index (χ3n) is 2.69. The van der Waals surface area contributed by atoms with Crippen LogP contribution in [0.1, 0.15) is 25.7 Å². The Morgan fingerprint density at radius 1 is 1.05 bits per heavy atom. The van der Waals surface area contributed by atoms with Crippen molar-refractivity contribution in [3.8, 4) is 5.75 Å². The van der Waals surface area contributed by atoms with E-state index < -0.39 is 0 Å². The summed E-state index contributed by atoms with van der Waals surface area (Å²) in [6.07, 6.45) is 4.43. The first-order chi connectivity index (χ1) is 9.24. The zero-order valence-electron chi connectivity index (χ0n) is 11.0. The third-order valence-corrected chi connectivity index (χ3v) is 3.22. The second-order valence-electron chi connectivity index (χ2n) is 4.31. The Labute approximate surface area is 124 Å². The molecular weight excluding hydrogens is 285 g/mol. The maximum atomic E-state index is 8.59. The van der Waals surface area contributed by atoms with Gasteiger partial charge in [-0.05, 0) is 37.6 Å². The van der Waals surface area contributed by atoms with Crippen LogP contribution in [0.25, 0.3) is 0 Å². The molecule has 3 nitrogen and oxygen atoms in total. The van der Waals surface area contributed by atoms with E-state index in [1.54, 1.807) is 18.2 Å². The van der Waals surface area contributed by atoms with Crippen LogP contribution in [0, 0.1) is 0 Å². The Kier molecular flexibility index (Phi) is 9.01. The van der Waals surface area contributed by atoms with E-state index in [-0.39, 0.29) is 6.61 Å². The van der Waals surface area contributed by atoms with Gasteiger partial charge in [0.05, 0.1) is 18.2 Å². The Balaban J connectivity index is 2.01. The topological polar surface area (TPSA) is 41.5 Å². The number of benzene rings is 1. The monoisotopic (exact) mass is 305 g/mol. The van der Waals surface area contributed by atoms with E-state index in [4.69, 9.17) is 33.0 Å². The molecule has 0 unspecified atom stereocenters. The van der Waals surface area contributed by atoms with E-state index in [1.165, 1.54) is 0 Å². The number of halogens is 2. The highest BCUT2D eigenvalue weighted by atomic mass is 35.5.